The van der Waals surface area contributed by atoms with Gasteiger partial charge in [0, 0.05) is 5.54 Å². The fourth-order valence-electron chi connectivity index (χ4n) is 2.62. The minimum Gasteiger partial charge on any atom is -0.311 e. The largest absolute Gasteiger partial charge is 0.311 e. The van der Waals surface area contributed by atoms with Crippen LogP contribution in [0.4, 0.5) is 0 Å². The normalized spacial score (nSPS) is 28.4. The quantitative estimate of drug-likeness (QED) is 0.728. The maximum atomic E-state index is 3.78. The van der Waals surface area contributed by atoms with Gasteiger partial charge in [0.1, 0.15) is 0 Å². The van der Waals surface area contributed by atoms with Crippen molar-refractivity contribution in [3.63, 3.8) is 0 Å². The van der Waals surface area contributed by atoms with Crippen LogP contribution < -0.4 is 5.32 Å². The van der Waals surface area contributed by atoms with Crippen LogP contribution in [-0.2, 0) is 0 Å². The van der Waals surface area contributed by atoms with E-state index in [2.05, 4.69) is 46.9 Å². The average Bonchev–Trinajstić information content (AvgIpc) is 2.46. The molecule has 1 nitrogen and oxygen atoms in total. The van der Waals surface area contributed by atoms with Crippen LogP contribution in [0, 0.1) is 10.8 Å². The Morgan fingerprint density at radius 1 is 1.07 bits per heavy atom. The van der Waals surface area contributed by atoms with Gasteiger partial charge in [-0.15, -0.1) is 0 Å². The van der Waals surface area contributed by atoms with Gasteiger partial charge in [-0.2, -0.15) is 0 Å². The van der Waals surface area contributed by atoms with Crippen LogP contribution in [0.2, 0.25) is 0 Å². The first-order valence-electron chi connectivity index (χ1n) is 6.41. The molecule has 0 aromatic heterocycles. The van der Waals surface area contributed by atoms with Gasteiger partial charge >= 0.3 is 0 Å². The van der Waals surface area contributed by atoms with Gasteiger partial charge in [0.05, 0.1) is 0 Å². The van der Waals surface area contributed by atoms with Gasteiger partial charge in [0.15, 0.2) is 0 Å². The van der Waals surface area contributed by atoms with Crippen LogP contribution >= 0.6 is 0 Å². The fourth-order valence-corrected chi connectivity index (χ4v) is 2.62. The number of rotatable bonds is 2. The van der Waals surface area contributed by atoms with E-state index >= 15 is 0 Å². The molecule has 0 aromatic carbocycles. The first-order chi connectivity index (χ1) is 6.66. The summed E-state index contributed by atoms with van der Waals surface area (Å²) in [5.41, 5.74) is 1.23. The van der Waals surface area contributed by atoms with Crippen LogP contribution in [0.5, 0.6) is 0 Å². The third kappa shape index (κ3) is 3.21. The minimum absolute atomic E-state index is 0.384. The topological polar surface area (TPSA) is 12.0 Å². The standard InChI is InChI=1S/C14H29N/c1-12(2,3)9-10-14(13(4,5)6)8-7-11-15-14/h15H,7-11H2,1-6H3. The molecular formula is C14H29N. The van der Waals surface area contributed by atoms with Crippen LogP contribution in [0.25, 0.3) is 0 Å². The molecular weight excluding hydrogens is 182 g/mol. The summed E-state index contributed by atoms with van der Waals surface area (Å²) >= 11 is 0. The summed E-state index contributed by atoms with van der Waals surface area (Å²) < 4.78 is 0. The lowest BCUT2D eigenvalue weighted by Gasteiger charge is -2.44. The lowest BCUT2D eigenvalue weighted by Crippen LogP contribution is -2.51. The van der Waals surface area contributed by atoms with E-state index in [-0.39, 0.29) is 0 Å². The zero-order valence-electron chi connectivity index (χ0n) is 11.5. The molecule has 0 saturated carbocycles. The maximum Gasteiger partial charge on any atom is 0.0230 e. The van der Waals surface area contributed by atoms with Crippen molar-refractivity contribution >= 4 is 0 Å². The first kappa shape index (κ1) is 13.0. The summed E-state index contributed by atoms with van der Waals surface area (Å²) in [5, 5.41) is 3.78. The van der Waals surface area contributed by atoms with Gasteiger partial charge in [-0.05, 0) is 43.1 Å². The lowest BCUT2D eigenvalue weighted by molar-refractivity contribution is 0.129. The number of hydrogen-bond donors (Lipinski definition) is 1. The molecule has 1 unspecified atom stereocenters. The van der Waals surface area contributed by atoms with Gasteiger partial charge in [0.2, 0.25) is 0 Å². The highest BCUT2D eigenvalue weighted by Gasteiger charge is 2.43. The summed E-state index contributed by atoms with van der Waals surface area (Å²) in [7, 11) is 0. The minimum atomic E-state index is 0.384. The van der Waals surface area contributed by atoms with E-state index in [1.165, 1.54) is 32.2 Å². The van der Waals surface area contributed by atoms with Crippen molar-refractivity contribution in [3.05, 3.63) is 0 Å². The van der Waals surface area contributed by atoms with E-state index in [0.717, 1.165) is 0 Å². The van der Waals surface area contributed by atoms with Crippen molar-refractivity contribution in [1.82, 2.24) is 5.32 Å². The molecule has 1 aliphatic rings. The molecule has 0 amide bonds. The predicted molar refractivity (Wildman–Crippen MR) is 68.1 cm³/mol. The lowest BCUT2D eigenvalue weighted by atomic mass is 9.68. The van der Waals surface area contributed by atoms with E-state index < -0.39 is 0 Å². The zero-order valence-corrected chi connectivity index (χ0v) is 11.5. The average molecular weight is 211 g/mol. The Bertz CT molecular complexity index is 198. The van der Waals surface area contributed by atoms with Crippen LogP contribution in [0.3, 0.4) is 0 Å². The molecule has 0 spiro atoms. The second-order valence-electron chi connectivity index (χ2n) is 7.42. The summed E-state index contributed by atoms with van der Waals surface area (Å²) in [6.07, 6.45) is 5.34. The fraction of sp³-hybridized carbons (Fsp3) is 1.00. The molecule has 1 N–H and O–H groups in total. The number of hydrogen-bond acceptors (Lipinski definition) is 1. The number of nitrogens with one attached hydrogen (secondary N) is 1. The van der Waals surface area contributed by atoms with Gasteiger partial charge in [-0.25, -0.2) is 0 Å². The van der Waals surface area contributed by atoms with Gasteiger partial charge in [0.25, 0.3) is 0 Å². The molecule has 1 heterocycles. The van der Waals surface area contributed by atoms with Crippen molar-refractivity contribution in [2.24, 2.45) is 10.8 Å². The Hall–Kier alpha value is -0.0400. The predicted octanol–water partition coefficient (Wildman–Crippen LogP) is 3.98. The second kappa shape index (κ2) is 4.08. The Morgan fingerprint density at radius 2 is 1.67 bits per heavy atom. The molecule has 1 aliphatic heterocycles. The highest BCUT2D eigenvalue weighted by molar-refractivity contribution is 5.01. The molecule has 1 saturated heterocycles. The van der Waals surface area contributed by atoms with Crippen molar-refractivity contribution in [2.75, 3.05) is 6.54 Å². The highest BCUT2D eigenvalue weighted by atomic mass is 15.0. The highest BCUT2D eigenvalue weighted by Crippen LogP contribution is 2.42. The second-order valence-corrected chi connectivity index (χ2v) is 7.42. The van der Waals surface area contributed by atoms with Crippen molar-refractivity contribution in [1.29, 1.82) is 0 Å². The van der Waals surface area contributed by atoms with Crippen molar-refractivity contribution in [3.8, 4) is 0 Å². The smallest absolute Gasteiger partial charge is 0.0230 e. The summed E-state index contributed by atoms with van der Waals surface area (Å²) in [5.74, 6) is 0. The Labute approximate surface area is 96.0 Å². The molecule has 1 fully saturated rings. The zero-order chi connectivity index (χ0) is 11.7. The molecule has 1 rings (SSSR count). The SMILES string of the molecule is CC(C)(C)CCC1(C(C)(C)C)CCCN1. The molecule has 0 radical (unpaired) electrons. The third-order valence-corrected chi connectivity index (χ3v) is 3.98. The van der Waals surface area contributed by atoms with E-state index in [0.29, 0.717) is 16.4 Å². The molecule has 1 atom stereocenters. The molecule has 0 bridgehead atoms. The van der Waals surface area contributed by atoms with E-state index in [1.54, 1.807) is 0 Å². The first-order valence-corrected chi connectivity index (χ1v) is 6.41. The molecule has 0 aliphatic carbocycles. The van der Waals surface area contributed by atoms with Crippen molar-refractivity contribution < 1.29 is 0 Å². The monoisotopic (exact) mass is 211 g/mol. The summed E-state index contributed by atoms with van der Waals surface area (Å²) in [6.45, 7) is 15.4. The van der Waals surface area contributed by atoms with Gasteiger partial charge < -0.3 is 5.32 Å². The molecule has 90 valence electrons. The van der Waals surface area contributed by atoms with Crippen LogP contribution in [0.1, 0.15) is 67.2 Å². The van der Waals surface area contributed by atoms with Gasteiger partial charge in [-0.1, -0.05) is 41.5 Å². The van der Waals surface area contributed by atoms with Crippen LogP contribution in [0.15, 0.2) is 0 Å². The van der Waals surface area contributed by atoms with E-state index in [1.807, 2.05) is 0 Å². The Balaban J connectivity index is 2.67. The Kier molecular flexibility index (Phi) is 3.55. The van der Waals surface area contributed by atoms with E-state index in [4.69, 9.17) is 0 Å². The van der Waals surface area contributed by atoms with Crippen molar-refractivity contribution in [2.45, 2.75) is 72.8 Å². The summed E-state index contributed by atoms with van der Waals surface area (Å²) in [4.78, 5) is 0. The Morgan fingerprint density at radius 3 is 2.00 bits per heavy atom. The molecule has 15 heavy (non-hydrogen) atoms. The van der Waals surface area contributed by atoms with Gasteiger partial charge in [-0.3, -0.25) is 0 Å². The molecule has 0 aromatic rings. The summed E-state index contributed by atoms with van der Waals surface area (Å²) in [6, 6.07) is 0. The molecule has 1 heteroatoms. The van der Waals surface area contributed by atoms with Crippen LogP contribution in [-0.4, -0.2) is 12.1 Å². The maximum absolute atomic E-state index is 3.78. The van der Waals surface area contributed by atoms with E-state index in [9.17, 15) is 0 Å². The third-order valence-electron chi connectivity index (χ3n) is 3.98.